The second-order valence-corrected chi connectivity index (χ2v) is 5.76. The minimum atomic E-state index is -0.571. The lowest BCUT2D eigenvalue weighted by atomic mass is 10.1. The van der Waals surface area contributed by atoms with Crippen LogP contribution < -0.4 is 19.6 Å². The molecule has 0 saturated carbocycles. The summed E-state index contributed by atoms with van der Waals surface area (Å²) in [5.74, 6) is 0.731. The Bertz CT molecular complexity index is 882. The maximum atomic E-state index is 11.9. The van der Waals surface area contributed by atoms with Crippen molar-refractivity contribution in [2.24, 2.45) is 5.10 Å². The number of methoxy groups -OCH3 is 2. The molecule has 0 saturated heterocycles. The lowest BCUT2D eigenvalue weighted by molar-refractivity contribution is -0.385. The molecule has 0 aromatic heterocycles. The van der Waals surface area contributed by atoms with Crippen LogP contribution in [0.1, 0.15) is 12.5 Å². The van der Waals surface area contributed by atoms with Gasteiger partial charge in [-0.05, 0) is 30.7 Å². The average molecular weight is 387 g/mol. The normalized spacial score (nSPS) is 10.9. The van der Waals surface area contributed by atoms with Crippen molar-refractivity contribution in [3.05, 3.63) is 58.1 Å². The molecule has 0 radical (unpaired) electrons. The number of carbonyl (C=O) groups excluding carboxylic acids is 1. The molecule has 1 N–H and O–H groups in total. The number of nitrogens with one attached hydrogen (secondary N) is 1. The second kappa shape index (κ2) is 9.91. The Balaban J connectivity index is 1.91. The Morgan fingerprint density at radius 2 is 1.82 bits per heavy atom. The third kappa shape index (κ3) is 5.70. The van der Waals surface area contributed by atoms with Gasteiger partial charge in [-0.3, -0.25) is 14.9 Å². The molecule has 0 aliphatic carbocycles. The summed E-state index contributed by atoms with van der Waals surface area (Å²) >= 11 is 0. The van der Waals surface area contributed by atoms with Gasteiger partial charge in [0, 0.05) is 18.2 Å². The zero-order valence-corrected chi connectivity index (χ0v) is 15.8. The molecule has 2 aromatic carbocycles. The van der Waals surface area contributed by atoms with Gasteiger partial charge in [-0.15, -0.1) is 0 Å². The lowest BCUT2D eigenvalue weighted by Gasteiger charge is -2.09. The number of hydrazone groups is 1. The number of ether oxygens (including phenoxy) is 3. The van der Waals surface area contributed by atoms with Gasteiger partial charge in [0.05, 0.1) is 19.1 Å². The van der Waals surface area contributed by atoms with Crippen LogP contribution in [-0.2, 0) is 11.2 Å². The Morgan fingerprint density at radius 1 is 1.11 bits per heavy atom. The molecule has 0 bridgehead atoms. The van der Waals surface area contributed by atoms with Gasteiger partial charge in [0.25, 0.3) is 5.91 Å². The van der Waals surface area contributed by atoms with Gasteiger partial charge in [0.1, 0.15) is 0 Å². The van der Waals surface area contributed by atoms with E-state index in [1.165, 1.54) is 18.2 Å². The van der Waals surface area contributed by atoms with Crippen LogP contribution in [0.5, 0.6) is 17.2 Å². The molecule has 148 valence electrons. The minimum Gasteiger partial charge on any atom is -0.493 e. The van der Waals surface area contributed by atoms with Crippen molar-refractivity contribution in [1.29, 1.82) is 0 Å². The SMILES string of the molecule is COc1ccc(C/C(C)=N\NC(=O)COc2ccccc2[N+](=O)[O-])cc1OC. The van der Waals surface area contributed by atoms with E-state index in [2.05, 4.69) is 10.5 Å². The van der Waals surface area contributed by atoms with Crippen molar-refractivity contribution >= 4 is 17.3 Å². The molecule has 2 aromatic rings. The average Bonchev–Trinajstić information content (AvgIpc) is 2.70. The van der Waals surface area contributed by atoms with Crippen LogP contribution in [0.15, 0.2) is 47.6 Å². The summed E-state index contributed by atoms with van der Waals surface area (Å²) in [6.07, 6.45) is 0.492. The summed E-state index contributed by atoms with van der Waals surface area (Å²) < 4.78 is 15.7. The molecule has 9 nitrogen and oxygen atoms in total. The van der Waals surface area contributed by atoms with Crippen LogP contribution in [0.3, 0.4) is 0 Å². The molecular formula is C19H21N3O6. The Hall–Kier alpha value is -3.62. The predicted molar refractivity (Wildman–Crippen MR) is 103 cm³/mol. The highest BCUT2D eigenvalue weighted by atomic mass is 16.6. The first-order valence-electron chi connectivity index (χ1n) is 8.33. The fourth-order valence-corrected chi connectivity index (χ4v) is 2.39. The molecule has 0 fully saturated rings. The number of hydrogen-bond donors (Lipinski definition) is 1. The van der Waals surface area contributed by atoms with E-state index in [9.17, 15) is 14.9 Å². The number of nitro groups is 1. The zero-order chi connectivity index (χ0) is 20.5. The largest absolute Gasteiger partial charge is 0.493 e. The van der Waals surface area contributed by atoms with Gasteiger partial charge in [0.2, 0.25) is 0 Å². The van der Waals surface area contributed by atoms with E-state index in [4.69, 9.17) is 14.2 Å². The van der Waals surface area contributed by atoms with Crippen molar-refractivity contribution in [1.82, 2.24) is 5.43 Å². The minimum absolute atomic E-state index is 0.0219. The summed E-state index contributed by atoms with van der Waals surface area (Å²) in [7, 11) is 3.12. The summed E-state index contributed by atoms with van der Waals surface area (Å²) in [5.41, 5.74) is 3.76. The van der Waals surface area contributed by atoms with Gasteiger partial charge in [0.15, 0.2) is 23.9 Å². The number of benzene rings is 2. The summed E-state index contributed by atoms with van der Waals surface area (Å²) in [6, 6.07) is 11.3. The highest BCUT2D eigenvalue weighted by Crippen LogP contribution is 2.28. The number of nitro benzene ring substituents is 1. The molecule has 0 aliphatic rings. The van der Waals surface area contributed by atoms with E-state index in [0.717, 1.165) is 5.56 Å². The van der Waals surface area contributed by atoms with Crippen LogP contribution in [0.25, 0.3) is 0 Å². The lowest BCUT2D eigenvalue weighted by Crippen LogP contribution is -2.26. The van der Waals surface area contributed by atoms with E-state index in [1.807, 2.05) is 12.1 Å². The van der Waals surface area contributed by atoms with Crippen molar-refractivity contribution in [3.8, 4) is 17.2 Å². The molecule has 0 spiro atoms. The fourth-order valence-electron chi connectivity index (χ4n) is 2.39. The molecule has 0 atom stereocenters. The number of para-hydroxylation sites is 2. The summed E-state index contributed by atoms with van der Waals surface area (Å²) in [5, 5.41) is 14.9. The van der Waals surface area contributed by atoms with Gasteiger partial charge in [-0.1, -0.05) is 18.2 Å². The van der Waals surface area contributed by atoms with Gasteiger partial charge < -0.3 is 14.2 Å². The van der Waals surface area contributed by atoms with Gasteiger partial charge in [-0.2, -0.15) is 5.10 Å². The van der Waals surface area contributed by atoms with Crippen LogP contribution in [0.4, 0.5) is 5.69 Å². The molecule has 2 rings (SSSR count). The van der Waals surface area contributed by atoms with E-state index in [-0.39, 0.29) is 11.4 Å². The maximum absolute atomic E-state index is 11.9. The monoisotopic (exact) mass is 387 g/mol. The molecular weight excluding hydrogens is 366 g/mol. The fraction of sp³-hybridized carbons (Fsp3) is 0.263. The number of carbonyl (C=O) groups is 1. The molecule has 0 unspecified atom stereocenters. The van der Waals surface area contributed by atoms with Crippen molar-refractivity contribution in [2.75, 3.05) is 20.8 Å². The zero-order valence-electron chi connectivity index (χ0n) is 15.8. The highest BCUT2D eigenvalue weighted by Gasteiger charge is 2.14. The van der Waals surface area contributed by atoms with E-state index >= 15 is 0 Å². The summed E-state index contributed by atoms with van der Waals surface area (Å²) in [4.78, 5) is 22.2. The first kappa shape index (κ1) is 20.7. The molecule has 0 heterocycles. The Labute approximate surface area is 162 Å². The molecule has 9 heteroatoms. The first-order valence-corrected chi connectivity index (χ1v) is 8.33. The predicted octanol–water partition coefficient (Wildman–Crippen LogP) is 2.73. The topological polar surface area (TPSA) is 112 Å². The van der Waals surface area contributed by atoms with Crippen LogP contribution >= 0.6 is 0 Å². The quantitative estimate of drug-likeness (QED) is 0.402. The second-order valence-electron chi connectivity index (χ2n) is 5.76. The first-order chi connectivity index (χ1) is 13.4. The van der Waals surface area contributed by atoms with Crippen molar-refractivity contribution in [3.63, 3.8) is 0 Å². The number of nitrogens with zero attached hydrogens (tertiary/aromatic N) is 2. The number of hydrogen-bond acceptors (Lipinski definition) is 7. The van der Waals surface area contributed by atoms with Gasteiger partial charge in [-0.25, -0.2) is 5.43 Å². The van der Waals surface area contributed by atoms with Crippen LogP contribution in [0.2, 0.25) is 0 Å². The van der Waals surface area contributed by atoms with Crippen molar-refractivity contribution in [2.45, 2.75) is 13.3 Å². The smallest absolute Gasteiger partial charge is 0.310 e. The Morgan fingerprint density at radius 3 is 2.50 bits per heavy atom. The van der Waals surface area contributed by atoms with E-state index in [0.29, 0.717) is 23.6 Å². The molecule has 0 aliphatic heterocycles. The standard InChI is InChI=1S/C19H21N3O6/c1-13(10-14-8-9-17(26-2)18(11-14)27-3)20-21-19(23)12-28-16-7-5-4-6-15(16)22(24)25/h4-9,11H,10,12H2,1-3H3,(H,21,23)/b20-13-. The highest BCUT2D eigenvalue weighted by molar-refractivity contribution is 5.86. The summed E-state index contributed by atoms with van der Waals surface area (Å²) in [6.45, 7) is 1.37. The number of rotatable bonds is 9. The molecule has 1 amide bonds. The maximum Gasteiger partial charge on any atom is 0.310 e. The number of amides is 1. The van der Waals surface area contributed by atoms with Crippen LogP contribution in [-0.4, -0.2) is 37.4 Å². The van der Waals surface area contributed by atoms with Gasteiger partial charge >= 0.3 is 5.69 Å². The Kier molecular flexibility index (Phi) is 7.32. The molecule has 28 heavy (non-hydrogen) atoms. The van der Waals surface area contributed by atoms with E-state index in [1.54, 1.807) is 33.3 Å². The van der Waals surface area contributed by atoms with Crippen LogP contribution in [0, 0.1) is 10.1 Å². The third-order valence-electron chi connectivity index (χ3n) is 3.70. The van der Waals surface area contributed by atoms with Crippen molar-refractivity contribution < 1.29 is 23.9 Å². The third-order valence-corrected chi connectivity index (χ3v) is 3.70. The van der Waals surface area contributed by atoms with E-state index < -0.39 is 17.4 Å².